The van der Waals surface area contributed by atoms with E-state index in [4.69, 9.17) is 0 Å². The van der Waals surface area contributed by atoms with Gasteiger partial charge < -0.3 is 5.11 Å². The van der Waals surface area contributed by atoms with E-state index in [9.17, 15) is 9.50 Å². The molecule has 0 bridgehead atoms. The first kappa shape index (κ1) is 13.8. The molecule has 1 N–H and O–H groups in total. The predicted octanol–water partition coefficient (Wildman–Crippen LogP) is 4.14. The normalized spacial score (nSPS) is 12.5. The maximum Gasteiger partial charge on any atom is 0.123 e. The average molecular weight is 258 g/mol. The zero-order chi connectivity index (χ0) is 14.2. The maximum atomic E-state index is 13.3. The van der Waals surface area contributed by atoms with Crippen LogP contribution < -0.4 is 0 Å². The van der Waals surface area contributed by atoms with Crippen molar-refractivity contribution in [2.75, 3.05) is 0 Å². The summed E-state index contributed by atoms with van der Waals surface area (Å²) < 4.78 is 13.3. The highest BCUT2D eigenvalue weighted by atomic mass is 19.1. The first-order valence-electron chi connectivity index (χ1n) is 6.41. The summed E-state index contributed by atoms with van der Waals surface area (Å²) in [7, 11) is 0. The van der Waals surface area contributed by atoms with Gasteiger partial charge in [0.2, 0.25) is 0 Å². The summed E-state index contributed by atoms with van der Waals surface area (Å²) in [6.45, 7) is 7.68. The van der Waals surface area contributed by atoms with Crippen molar-refractivity contribution in [1.29, 1.82) is 0 Å². The summed E-state index contributed by atoms with van der Waals surface area (Å²) in [4.78, 5) is 0. The predicted molar refractivity (Wildman–Crippen MR) is 75.9 cm³/mol. The molecule has 0 saturated carbocycles. The number of halogens is 1. The molecule has 19 heavy (non-hydrogen) atoms. The fourth-order valence-electron chi connectivity index (χ4n) is 2.69. The Hall–Kier alpha value is -1.67. The van der Waals surface area contributed by atoms with E-state index in [-0.39, 0.29) is 5.82 Å². The molecule has 1 nitrogen and oxygen atoms in total. The van der Waals surface area contributed by atoms with E-state index in [1.54, 1.807) is 0 Å². The number of hydrogen-bond donors (Lipinski definition) is 1. The number of rotatable bonds is 2. The van der Waals surface area contributed by atoms with Gasteiger partial charge in [0.15, 0.2) is 0 Å². The second kappa shape index (κ2) is 5.14. The van der Waals surface area contributed by atoms with Crippen molar-refractivity contribution in [3.63, 3.8) is 0 Å². The summed E-state index contributed by atoms with van der Waals surface area (Å²) in [5.74, 6) is -0.258. The van der Waals surface area contributed by atoms with Crippen LogP contribution in [0.2, 0.25) is 0 Å². The molecule has 2 aromatic rings. The molecular weight excluding hydrogens is 239 g/mol. The van der Waals surface area contributed by atoms with E-state index in [1.165, 1.54) is 12.1 Å². The van der Waals surface area contributed by atoms with Gasteiger partial charge in [-0.25, -0.2) is 4.39 Å². The van der Waals surface area contributed by atoms with Gasteiger partial charge >= 0.3 is 0 Å². The van der Waals surface area contributed by atoms with Gasteiger partial charge in [0.25, 0.3) is 0 Å². The Bertz CT molecular complexity index is 573. The van der Waals surface area contributed by atoms with Gasteiger partial charge in [-0.15, -0.1) is 0 Å². The minimum Gasteiger partial charge on any atom is -0.384 e. The number of benzene rings is 2. The molecule has 0 spiro atoms. The van der Waals surface area contributed by atoms with E-state index >= 15 is 0 Å². The van der Waals surface area contributed by atoms with Crippen molar-refractivity contribution in [3.8, 4) is 0 Å². The second-order valence-electron chi connectivity index (χ2n) is 5.28. The van der Waals surface area contributed by atoms with Crippen LogP contribution in [0, 0.1) is 33.5 Å². The minimum atomic E-state index is -0.709. The van der Waals surface area contributed by atoms with E-state index in [0.29, 0.717) is 0 Å². The highest BCUT2D eigenvalue weighted by Gasteiger charge is 2.17. The quantitative estimate of drug-likeness (QED) is 0.858. The van der Waals surface area contributed by atoms with E-state index in [2.05, 4.69) is 6.07 Å². The van der Waals surface area contributed by atoms with E-state index in [1.807, 2.05) is 39.8 Å². The van der Waals surface area contributed by atoms with Gasteiger partial charge in [-0.05, 0) is 62.1 Å². The summed E-state index contributed by atoms with van der Waals surface area (Å²) in [5, 5.41) is 10.6. The first-order chi connectivity index (χ1) is 8.88. The Morgan fingerprint density at radius 3 is 1.79 bits per heavy atom. The molecule has 0 amide bonds. The lowest BCUT2D eigenvalue weighted by Crippen LogP contribution is -2.06. The van der Waals surface area contributed by atoms with Crippen molar-refractivity contribution in [1.82, 2.24) is 0 Å². The Morgan fingerprint density at radius 1 is 0.842 bits per heavy atom. The van der Waals surface area contributed by atoms with Crippen LogP contribution in [0.3, 0.4) is 0 Å². The third-order valence-electron chi connectivity index (χ3n) is 3.39. The van der Waals surface area contributed by atoms with Gasteiger partial charge in [-0.3, -0.25) is 0 Å². The zero-order valence-corrected chi connectivity index (χ0v) is 11.8. The van der Waals surface area contributed by atoms with E-state index < -0.39 is 6.10 Å². The third-order valence-corrected chi connectivity index (χ3v) is 3.39. The van der Waals surface area contributed by atoms with Gasteiger partial charge in [-0.1, -0.05) is 29.3 Å². The molecule has 0 aromatic heterocycles. The van der Waals surface area contributed by atoms with Crippen LogP contribution in [0.4, 0.5) is 4.39 Å². The summed E-state index contributed by atoms with van der Waals surface area (Å²) >= 11 is 0. The van der Waals surface area contributed by atoms with Crippen LogP contribution in [0.5, 0.6) is 0 Å². The van der Waals surface area contributed by atoms with Gasteiger partial charge in [0, 0.05) is 0 Å². The molecule has 2 heteroatoms. The number of hydrogen-bond acceptors (Lipinski definition) is 1. The van der Waals surface area contributed by atoms with Gasteiger partial charge in [-0.2, -0.15) is 0 Å². The summed E-state index contributed by atoms with van der Waals surface area (Å²) in [6, 6.07) is 8.95. The van der Waals surface area contributed by atoms with Crippen LogP contribution in [-0.2, 0) is 0 Å². The molecule has 100 valence electrons. The zero-order valence-electron chi connectivity index (χ0n) is 11.8. The fourth-order valence-corrected chi connectivity index (χ4v) is 2.69. The first-order valence-corrected chi connectivity index (χ1v) is 6.41. The Morgan fingerprint density at radius 2 is 1.32 bits per heavy atom. The Balaban J connectivity index is 2.52. The minimum absolute atomic E-state index is 0.258. The van der Waals surface area contributed by atoms with Gasteiger partial charge in [0.05, 0.1) is 0 Å². The Labute approximate surface area is 113 Å². The molecule has 0 aliphatic carbocycles. The van der Waals surface area contributed by atoms with E-state index in [0.717, 1.165) is 33.4 Å². The topological polar surface area (TPSA) is 20.2 Å². The average Bonchev–Trinajstić information content (AvgIpc) is 2.25. The fraction of sp³-hybridized carbons (Fsp3) is 0.294. The molecule has 0 saturated heterocycles. The highest BCUT2D eigenvalue weighted by molar-refractivity contribution is 5.42. The standard InChI is InChI=1S/C17H19FO/c1-10-5-11(2)7-14(6-10)17(19)16-12(3)8-15(18)9-13(16)4/h5-9,17,19H,1-4H3. The third kappa shape index (κ3) is 2.85. The Kier molecular flexibility index (Phi) is 3.72. The molecule has 0 aliphatic heterocycles. The number of aryl methyl sites for hydroxylation is 4. The molecule has 1 unspecified atom stereocenters. The molecular formula is C17H19FO. The molecule has 2 aromatic carbocycles. The van der Waals surface area contributed by atoms with Crippen LogP contribution in [0.15, 0.2) is 30.3 Å². The second-order valence-corrected chi connectivity index (χ2v) is 5.28. The van der Waals surface area contributed by atoms with Crippen molar-refractivity contribution >= 4 is 0 Å². The van der Waals surface area contributed by atoms with Crippen molar-refractivity contribution in [2.45, 2.75) is 33.8 Å². The monoisotopic (exact) mass is 258 g/mol. The summed E-state index contributed by atoms with van der Waals surface area (Å²) in [6.07, 6.45) is -0.709. The van der Waals surface area contributed by atoms with Gasteiger partial charge in [0.1, 0.15) is 11.9 Å². The molecule has 0 heterocycles. The molecule has 2 rings (SSSR count). The molecule has 1 atom stereocenters. The summed E-state index contributed by atoms with van der Waals surface area (Å²) in [5.41, 5.74) is 5.45. The molecule has 0 aliphatic rings. The van der Waals surface area contributed by atoms with Crippen molar-refractivity contribution in [2.24, 2.45) is 0 Å². The smallest absolute Gasteiger partial charge is 0.123 e. The number of aliphatic hydroxyl groups excluding tert-OH is 1. The number of aliphatic hydroxyl groups is 1. The largest absolute Gasteiger partial charge is 0.384 e. The van der Waals surface area contributed by atoms with Crippen molar-refractivity contribution in [3.05, 3.63) is 69.5 Å². The van der Waals surface area contributed by atoms with Crippen LogP contribution >= 0.6 is 0 Å². The molecule has 0 radical (unpaired) electrons. The van der Waals surface area contributed by atoms with Crippen LogP contribution in [0.25, 0.3) is 0 Å². The van der Waals surface area contributed by atoms with Crippen molar-refractivity contribution < 1.29 is 9.50 Å². The maximum absolute atomic E-state index is 13.3. The lowest BCUT2D eigenvalue weighted by atomic mass is 9.92. The lowest BCUT2D eigenvalue weighted by molar-refractivity contribution is 0.218. The van der Waals surface area contributed by atoms with Crippen LogP contribution in [-0.4, -0.2) is 5.11 Å². The molecule has 0 fully saturated rings. The highest BCUT2D eigenvalue weighted by Crippen LogP contribution is 2.29. The lowest BCUT2D eigenvalue weighted by Gasteiger charge is -2.18. The van der Waals surface area contributed by atoms with Crippen LogP contribution in [0.1, 0.15) is 39.5 Å². The SMILES string of the molecule is Cc1cc(C)cc(C(O)c2c(C)cc(F)cc2C)c1.